The summed E-state index contributed by atoms with van der Waals surface area (Å²) in [5, 5.41) is 3.33. The van der Waals surface area contributed by atoms with Crippen molar-refractivity contribution in [2.45, 2.75) is 55.1 Å². The van der Waals surface area contributed by atoms with Gasteiger partial charge in [0.1, 0.15) is 0 Å². The molecular formula is C23H30F3N3O3S. The highest BCUT2D eigenvalue weighted by atomic mass is 32.2. The van der Waals surface area contributed by atoms with Gasteiger partial charge >= 0.3 is 6.18 Å². The Hall–Kier alpha value is -1.65. The van der Waals surface area contributed by atoms with Crippen molar-refractivity contribution < 1.29 is 26.4 Å². The van der Waals surface area contributed by atoms with E-state index in [1.807, 2.05) is 4.90 Å². The average Bonchev–Trinajstić information content (AvgIpc) is 2.72. The Morgan fingerprint density at radius 1 is 0.970 bits per heavy atom. The van der Waals surface area contributed by atoms with E-state index in [0.29, 0.717) is 13.1 Å². The van der Waals surface area contributed by atoms with Crippen LogP contribution in [0.15, 0.2) is 29.2 Å². The molecule has 1 heterocycles. The van der Waals surface area contributed by atoms with Gasteiger partial charge in [0.15, 0.2) is 0 Å². The molecule has 0 atom stereocenters. The molecule has 1 N–H and O–H groups in total. The number of amides is 1. The molecule has 4 bridgehead atoms. The Labute approximate surface area is 192 Å². The van der Waals surface area contributed by atoms with E-state index in [4.69, 9.17) is 0 Å². The molecule has 1 aromatic rings. The molecule has 6 nitrogen and oxygen atoms in total. The van der Waals surface area contributed by atoms with E-state index in [-0.39, 0.29) is 31.1 Å². The molecule has 182 valence electrons. The monoisotopic (exact) mass is 485 g/mol. The molecule has 10 heteroatoms. The van der Waals surface area contributed by atoms with Crippen molar-refractivity contribution in [3.05, 3.63) is 29.8 Å². The molecular weight excluding hydrogens is 455 g/mol. The molecule has 1 aromatic carbocycles. The number of benzene rings is 1. The second-order valence-corrected chi connectivity index (χ2v) is 12.3. The summed E-state index contributed by atoms with van der Waals surface area (Å²) < 4.78 is 66.9. The summed E-state index contributed by atoms with van der Waals surface area (Å²) in [6, 6.07) is 4.27. The van der Waals surface area contributed by atoms with Gasteiger partial charge in [0.05, 0.1) is 17.0 Å². The van der Waals surface area contributed by atoms with Crippen LogP contribution in [0.4, 0.5) is 13.2 Å². The lowest BCUT2D eigenvalue weighted by molar-refractivity contribution is -0.140. The Morgan fingerprint density at radius 3 is 2.06 bits per heavy atom. The smallest absolute Gasteiger partial charge is 0.350 e. The topological polar surface area (TPSA) is 69.7 Å². The van der Waals surface area contributed by atoms with E-state index in [1.165, 1.54) is 31.4 Å². The fourth-order valence-electron chi connectivity index (χ4n) is 6.99. The zero-order valence-corrected chi connectivity index (χ0v) is 19.3. The lowest BCUT2D eigenvalue weighted by Crippen LogP contribution is -2.61. The predicted octanol–water partition coefficient (Wildman–Crippen LogP) is 3.10. The van der Waals surface area contributed by atoms with E-state index < -0.39 is 26.7 Å². The van der Waals surface area contributed by atoms with Gasteiger partial charge in [-0.15, -0.1) is 0 Å². The first-order chi connectivity index (χ1) is 15.5. The number of carbonyl (C=O) groups excluding carboxylic acids is 1. The minimum atomic E-state index is -4.75. The van der Waals surface area contributed by atoms with Crippen molar-refractivity contribution in [2.75, 3.05) is 32.7 Å². The van der Waals surface area contributed by atoms with E-state index in [2.05, 4.69) is 5.32 Å². The van der Waals surface area contributed by atoms with Crippen LogP contribution in [0, 0.1) is 17.8 Å². The van der Waals surface area contributed by atoms with E-state index >= 15 is 0 Å². The molecule has 5 aliphatic rings. The minimum Gasteiger partial charge on any atom is -0.350 e. The SMILES string of the molecule is O=C(CN1CCN(S(=O)(=O)c2ccccc2C(F)(F)F)CC1)NC12CC3CC(CC(C3)C1)C2. The van der Waals surface area contributed by atoms with Gasteiger partial charge in [0, 0.05) is 31.7 Å². The second kappa shape index (κ2) is 8.23. The van der Waals surface area contributed by atoms with Gasteiger partial charge in [-0.3, -0.25) is 9.69 Å². The first-order valence-corrected chi connectivity index (χ1v) is 13.2. The van der Waals surface area contributed by atoms with Gasteiger partial charge in [0.2, 0.25) is 15.9 Å². The van der Waals surface area contributed by atoms with Crippen LogP contribution in [-0.2, 0) is 21.0 Å². The molecule has 0 aromatic heterocycles. The number of halogens is 3. The predicted molar refractivity (Wildman–Crippen MR) is 116 cm³/mol. The van der Waals surface area contributed by atoms with E-state index in [1.54, 1.807) is 0 Å². The normalized spacial score (nSPS) is 32.8. The highest BCUT2D eigenvalue weighted by molar-refractivity contribution is 7.89. The first-order valence-electron chi connectivity index (χ1n) is 11.7. The second-order valence-electron chi connectivity index (χ2n) is 10.4. The van der Waals surface area contributed by atoms with Gasteiger partial charge in [-0.1, -0.05) is 12.1 Å². The summed E-state index contributed by atoms with van der Waals surface area (Å²) in [7, 11) is -4.28. The van der Waals surface area contributed by atoms with Crippen LogP contribution in [0.1, 0.15) is 44.1 Å². The molecule has 4 aliphatic carbocycles. The zero-order valence-electron chi connectivity index (χ0n) is 18.5. The van der Waals surface area contributed by atoms with Crippen LogP contribution in [0.25, 0.3) is 0 Å². The summed E-state index contributed by atoms with van der Waals surface area (Å²) >= 11 is 0. The van der Waals surface area contributed by atoms with Gasteiger partial charge in [-0.2, -0.15) is 17.5 Å². The molecule has 0 radical (unpaired) electrons. The van der Waals surface area contributed by atoms with Crippen LogP contribution in [0.5, 0.6) is 0 Å². The molecule has 0 unspecified atom stereocenters. The number of nitrogens with zero attached hydrogens (tertiary/aromatic N) is 2. The van der Waals surface area contributed by atoms with Gasteiger partial charge in [0.25, 0.3) is 0 Å². The molecule has 1 saturated heterocycles. The molecule has 0 spiro atoms. The highest BCUT2D eigenvalue weighted by Crippen LogP contribution is 2.55. The Balaban J connectivity index is 1.18. The molecule has 4 saturated carbocycles. The number of hydrogen-bond donors (Lipinski definition) is 1. The lowest BCUT2D eigenvalue weighted by atomic mass is 9.53. The summed E-state index contributed by atoms with van der Waals surface area (Å²) in [6.07, 6.45) is 2.33. The van der Waals surface area contributed by atoms with Crippen LogP contribution in [-0.4, -0.2) is 61.8 Å². The number of hydrogen-bond acceptors (Lipinski definition) is 4. The quantitative estimate of drug-likeness (QED) is 0.696. The number of rotatable bonds is 5. The maximum atomic E-state index is 13.3. The average molecular weight is 486 g/mol. The fourth-order valence-corrected chi connectivity index (χ4v) is 8.63. The number of alkyl halides is 3. The summed E-state index contributed by atoms with van der Waals surface area (Å²) in [5.74, 6) is 2.15. The van der Waals surface area contributed by atoms with Crippen LogP contribution in [0.3, 0.4) is 0 Å². The number of sulfonamides is 1. The Kier molecular flexibility index (Phi) is 5.77. The third-order valence-electron chi connectivity index (χ3n) is 7.95. The summed E-state index contributed by atoms with van der Waals surface area (Å²) in [6.45, 7) is 0.913. The van der Waals surface area contributed by atoms with Crippen molar-refractivity contribution in [3.8, 4) is 0 Å². The van der Waals surface area contributed by atoms with Gasteiger partial charge in [-0.05, 0) is 68.4 Å². The standard InChI is InChI=1S/C23H30F3N3O3S/c24-23(25,26)19-3-1-2-4-20(19)33(31,32)29-7-5-28(6-8-29)15-21(30)27-22-12-16-9-17(13-22)11-18(10-16)14-22/h1-4,16-18H,5-15H2,(H,27,30). The fraction of sp³-hybridized carbons (Fsp3) is 0.696. The summed E-state index contributed by atoms with van der Waals surface area (Å²) in [5.41, 5.74) is -1.22. The van der Waals surface area contributed by atoms with E-state index in [0.717, 1.165) is 53.5 Å². The highest BCUT2D eigenvalue weighted by Gasteiger charge is 2.51. The third kappa shape index (κ3) is 4.53. The third-order valence-corrected chi connectivity index (χ3v) is 9.91. The van der Waals surface area contributed by atoms with Crippen molar-refractivity contribution in [1.29, 1.82) is 0 Å². The molecule has 6 rings (SSSR count). The Morgan fingerprint density at radius 2 is 1.52 bits per heavy atom. The minimum absolute atomic E-state index is 0.0318. The molecule has 1 amide bonds. The molecule has 1 aliphatic heterocycles. The summed E-state index contributed by atoms with van der Waals surface area (Å²) in [4.78, 5) is 14.0. The first kappa shape index (κ1) is 23.1. The maximum absolute atomic E-state index is 13.3. The number of piperazine rings is 1. The maximum Gasteiger partial charge on any atom is 0.417 e. The Bertz CT molecular complexity index is 984. The van der Waals surface area contributed by atoms with Crippen molar-refractivity contribution in [3.63, 3.8) is 0 Å². The van der Waals surface area contributed by atoms with Gasteiger partial charge < -0.3 is 5.32 Å². The van der Waals surface area contributed by atoms with E-state index in [9.17, 15) is 26.4 Å². The molecule has 5 fully saturated rings. The van der Waals surface area contributed by atoms with Gasteiger partial charge in [-0.25, -0.2) is 8.42 Å². The van der Waals surface area contributed by atoms with Crippen LogP contribution in [0.2, 0.25) is 0 Å². The lowest BCUT2D eigenvalue weighted by Gasteiger charge is -2.57. The van der Waals surface area contributed by atoms with Crippen molar-refractivity contribution in [2.24, 2.45) is 17.8 Å². The van der Waals surface area contributed by atoms with Crippen LogP contribution >= 0.6 is 0 Å². The number of nitrogens with one attached hydrogen (secondary N) is 1. The van der Waals surface area contributed by atoms with Crippen molar-refractivity contribution >= 4 is 15.9 Å². The molecule has 33 heavy (non-hydrogen) atoms. The zero-order chi connectivity index (χ0) is 23.4. The van der Waals surface area contributed by atoms with Crippen LogP contribution < -0.4 is 5.32 Å². The largest absolute Gasteiger partial charge is 0.417 e. The number of carbonyl (C=O) groups is 1. The van der Waals surface area contributed by atoms with Crippen molar-refractivity contribution in [1.82, 2.24) is 14.5 Å².